The number of carbonyl (C=O) groups is 3. The zero-order chi connectivity index (χ0) is 27.8. The lowest BCUT2D eigenvalue weighted by atomic mass is 9.87. The van der Waals surface area contributed by atoms with E-state index in [1.54, 1.807) is 46.4 Å². The number of nitrogens with zero attached hydrogens (tertiary/aromatic N) is 3. The quantitative estimate of drug-likeness (QED) is 0.488. The van der Waals surface area contributed by atoms with E-state index in [0.717, 1.165) is 36.3 Å². The lowest BCUT2D eigenvalue weighted by molar-refractivity contribution is -0.146. The summed E-state index contributed by atoms with van der Waals surface area (Å²) < 4.78 is 11.6. The van der Waals surface area contributed by atoms with Gasteiger partial charge in [0.1, 0.15) is 17.7 Å². The van der Waals surface area contributed by atoms with Crippen molar-refractivity contribution in [1.29, 1.82) is 0 Å². The molecule has 210 valence electrons. The summed E-state index contributed by atoms with van der Waals surface area (Å²) in [5.74, 6) is -1.34. The highest BCUT2D eigenvalue weighted by atomic mass is 16.7. The van der Waals surface area contributed by atoms with Crippen molar-refractivity contribution in [1.82, 2.24) is 14.5 Å². The van der Waals surface area contributed by atoms with Gasteiger partial charge in [-0.1, -0.05) is 32.1 Å². The van der Waals surface area contributed by atoms with Crippen LogP contribution in [0.25, 0.3) is 0 Å². The van der Waals surface area contributed by atoms with Gasteiger partial charge in [-0.3, -0.25) is 4.90 Å². The maximum atomic E-state index is 13.0. The molecule has 1 aliphatic carbocycles. The predicted molar refractivity (Wildman–Crippen MR) is 136 cm³/mol. The largest absolute Gasteiger partial charge is 0.492 e. The Morgan fingerprint density at radius 1 is 0.838 bits per heavy atom. The molecule has 0 atom stereocenters. The molecule has 37 heavy (non-hydrogen) atoms. The van der Waals surface area contributed by atoms with Crippen LogP contribution in [0.3, 0.4) is 0 Å². The van der Waals surface area contributed by atoms with E-state index >= 15 is 0 Å². The van der Waals surface area contributed by atoms with Crippen LogP contribution in [0.4, 0.5) is 9.59 Å². The van der Waals surface area contributed by atoms with E-state index < -0.39 is 47.7 Å². The molecule has 2 rings (SSSR count). The molecule has 0 spiro atoms. The van der Waals surface area contributed by atoms with Crippen molar-refractivity contribution in [2.24, 2.45) is 5.92 Å². The first-order valence-electron chi connectivity index (χ1n) is 12.9. The third-order valence-electron chi connectivity index (χ3n) is 5.79. The molecule has 0 aromatic carbocycles. The van der Waals surface area contributed by atoms with Crippen LogP contribution in [0.2, 0.25) is 0 Å². The summed E-state index contributed by atoms with van der Waals surface area (Å²) in [5.41, 5.74) is -1.50. The molecule has 2 amide bonds. The molecule has 0 saturated heterocycles. The topological polar surface area (TPSA) is 131 Å². The van der Waals surface area contributed by atoms with Gasteiger partial charge in [0.2, 0.25) is 11.8 Å². The Hall–Kier alpha value is -3.11. The third kappa shape index (κ3) is 10.8. The van der Waals surface area contributed by atoms with Gasteiger partial charge < -0.3 is 29.4 Å². The van der Waals surface area contributed by atoms with Crippen LogP contribution < -0.4 is 4.84 Å². The van der Waals surface area contributed by atoms with Crippen LogP contribution in [0.5, 0.6) is 11.8 Å². The summed E-state index contributed by atoms with van der Waals surface area (Å²) in [6.45, 7) is 10.5. The van der Waals surface area contributed by atoms with Crippen LogP contribution >= 0.6 is 0 Å². The number of aromatic nitrogens is 1. The lowest BCUT2D eigenvalue weighted by Gasteiger charge is -2.32. The van der Waals surface area contributed by atoms with Crippen LogP contribution in [-0.4, -0.2) is 80.3 Å². The molecular formula is C26H43N3O8. The van der Waals surface area contributed by atoms with Crippen molar-refractivity contribution in [3.8, 4) is 11.8 Å². The van der Waals surface area contributed by atoms with Gasteiger partial charge in [0, 0.05) is 31.8 Å². The Labute approximate surface area is 219 Å². The third-order valence-corrected chi connectivity index (χ3v) is 5.79. The lowest BCUT2D eigenvalue weighted by Crippen LogP contribution is -2.47. The van der Waals surface area contributed by atoms with Crippen LogP contribution in [-0.2, 0) is 14.3 Å². The number of carbonyl (C=O) groups excluding carboxylic acids is 3. The average Bonchev–Trinajstić information content (AvgIpc) is 3.08. The first-order valence-corrected chi connectivity index (χ1v) is 12.9. The molecule has 0 radical (unpaired) electrons. The average molecular weight is 526 g/mol. The summed E-state index contributed by atoms with van der Waals surface area (Å²) in [6.07, 6.45) is 5.48. The van der Waals surface area contributed by atoms with Gasteiger partial charge in [-0.05, 0) is 53.9 Å². The number of hydrogen-bond donors (Lipinski definition) is 2. The fourth-order valence-electron chi connectivity index (χ4n) is 4.02. The molecule has 1 aliphatic rings. The standard InChI is InChI=1S/C26H43N3O8/c1-25(2,3)35-23(33)27(15-14-19-10-8-7-9-11-19)16-17-28(24(34)36-26(4,5)6)18-22(32)37-29-20(30)12-13-21(29)31/h12-13,19,30-31H,7-11,14-18H2,1-6H3. The Morgan fingerprint density at radius 3 is 1.84 bits per heavy atom. The van der Waals surface area contributed by atoms with Crippen molar-refractivity contribution < 1.29 is 38.9 Å². The maximum absolute atomic E-state index is 13.0. The summed E-state index contributed by atoms with van der Waals surface area (Å²) in [6, 6.07) is 2.30. The zero-order valence-corrected chi connectivity index (χ0v) is 23.0. The second-order valence-electron chi connectivity index (χ2n) is 11.5. The van der Waals surface area contributed by atoms with E-state index in [-0.39, 0.29) is 13.1 Å². The van der Waals surface area contributed by atoms with E-state index in [9.17, 15) is 24.6 Å². The molecule has 1 heterocycles. The van der Waals surface area contributed by atoms with E-state index in [0.29, 0.717) is 17.2 Å². The van der Waals surface area contributed by atoms with Crippen molar-refractivity contribution in [2.75, 3.05) is 26.2 Å². The second kappa shape index (κ2) is 12.9. The van der Waals surface area contributed by atoms with Crippen LogP contribution in [0.1, 0.15) is 80.1 Å². The SMILES string of the molecule is CC(C)(C)OC(=O)N(CCC1CCCCC1)CCN(CC(=O)On1c(O)ccc1O)C(=O)OC(C)(C)C. The molecule has 1 aromatic rings. The number of aromatic hydroxyl groups is 2. The summed E-state index contributed by atoms with van der Waals surface area (Å²) in [7, 11) is 0. The Kier molecular flexibility index (Phi) is 10.5. The minimum Gasteiger partial charge on any atom is -0.492 e. The number of hydrogen-bond acceptors (Lipinski definition) is 8. The van der Waals surface area contributed by atoms with E-state index in [2.05, 4.69) is 0 Å². The van der Waals surface area contributed by atoms with Crippen molar-refractivity contribution in [3.05, 3.63) is 12.1 Å². The second-order valence-corrected chi connectivity index (χ2v) is 11.5. The van der Waals surface area contributed by atoms with Gasteiger partial charge >= 0.3 is 18.2 Å². The summed E-state index contributed by atoms with van der Waals surface area (Å²) in [4.78, 5) is 46.1. The minimum absolute atomic E-state index is 0.0163. The number of rotatable bonds is 9. The number of amides is 2. The molecule has 11 nitrogen and oxygen atoms in total. The molecule has 1 aromatic heterocycles. The molecule has 0 aliphatic heterocycles. The molecule has 1 fully saturated rings. The fourth-order valence-corrected chi connectivity index (χ4v) is 4.02. The highest BCUT2D eigenvalue weighted by Gasteiger charge is 2.29. The molecule has 2 N–H and O–H groups in total. The van der Waals surface area contributed by atoms with Crippen LogP contribution in [0, 0.1) is 5.92 Å². The van der Waals surface area contributed by atoms with Crippen molar-refractivity contribution >= 4 is 18.2 Å². The highest BCUT2D eigenvalue weighted by molar-refractivity contribution is 5.78. The van der Waals surface area contributed by atoms with Gasteiger partial charge in [0.25, 0.3) is 0 Å². The van der Waals surface area contributed by atoms with Crippen molar-refractivity contribution in [2.45, 2.75) is 91.3 Å². The minimum atomic E-state index is -0.918. The van der Waals surface area contributed by atoms with Gasteiger partial charge in [0.15, 0.2) is 0 Å². The Morgan fingerprint density at radius 2 is 1.32 bits per heavy atom. The van der Waals surface area contributed by atoms with Gasteiger partial charge in [0.05, 0.1) is 0 Å². The smallest absolute Gasteiger partial charge is 0.410 e. The molecule has 11 heteroatoms. The Balaban J connectivity index is 2.12. The molecular weight excluding hydrogens is 482 g/mol. The first-order chi connectivity index (χ1) is 17.1. The zero-order valence-electron chi connectivity index (χ0n) is 23.0. The fraction of sp³-hybridized carbons (Fsp3) is 0.731. The highest BCUT2D eigenvalue weighted by Crippen LogP contribution is 2.27. The summed E-state index contributed by atoms with van der Waals surface area (Å²) >= 11 is 0. The Bertz CT molecular complexity index is 890. The van der Waals surface area contributed by atoms with E-state index in [1.807, 2.05) is 0 Å². The monoisotopic (exact) mass is 525 g/mol. The van der Waals surface area contributed by atoms with Crippen molar-refractivity contribution in [3.63, 3.8) is 0 Å². The molecule has 1 saturated carbocycles. The predicted octanol–water partition coefficient (Wildman–Crippen LogP) is 4.30. The van der Waals surface area contributed by atoms with Gasteiger partial charge in [-0.2, -0.15) is 0 Å². The maximum Gasteiger partial charge on any atom is 0.410 e. The van der Waals surface area contributed by atoms with E-state index in [1.165, 1.54) is 19.3 Å². The van der Waals surface area contributed by atoms with Gasteiger partial charge in [-0.15, -0.1) is 4.73 Å². The van der Waals surface area contributed by atoms with E-state index in [4.69, 9.17) is 14.3 Å². The molecule has 0 bridgehead atoms. The number of ether oxygens (including phenoxy) is 2. The van der Waals surface area contributed by atoms with Crippen LogP contribution in [0.15, 0.2) is 12.1 Å². The van der Waals surface area contributed by atoms with Gasteiger partial charge in [-0.25, -0.2) is 14.4 Å². The first kappa shape index (κ1) is 30.1. The summed E-state index contributed by atoms with van der Waals surface area (Å²) in [5, 5.41) is 19.5. The molecule has 0 unspecified atom stereocenters. The normalized spacial score (nSPS) is 14.6.